The van der Waals surface area contributed by atoms with Crippen molar-refractivity contribution in [3.63, 3.8) is 0 Å². The number of rotatable bonds is 3. The molecule has 2 atom stereocenters. The van der Waals surface area contributed by atoms with E-state index in [1.54, 1.807) is 6.07 Å². The number of nitrogens with two attached hydrogens (primary N) is 1. The van der Waals surface area contributed by atoms with Crippen molar-refractivity contribution in [1.29, 1.82) is 0 Å². The predicted octanol–water partition coefficient (Wildman–Crippen LogP) is -0.334. The Balaban J connectivity index is 0.000000169. The van der Waals surface area contributed by atoms with Gasteiger partial charge in [0.15, 0.2) is 0 Å². The van der Waals surface area contributed by atoms with Crippen LogP contribution in [-0.2, 0) is 19.2 Å². The lowest BCUT2D eigenvalue weighted by molar-refractivity contribution is -0.385. The van der Waals surface area contributed by atoms with Gasteiger partial charge in [-0.05, 0) is 31.0 Å². The molecule has 6 rings (SSSR count). The van der Waals surface area contributed by atoms with Crippen LogP contribution < -0.4 is 16.4 Å². The molecule has 8 amide bonds. The van der Waals surface area contributed by atoms with Crippen LogP contribution in [0.2, 0.25) is 0 Å². The van der Waals surface area contributed by atoms with Gasteiger partial charge in [0.2, 0.25) is 23.6 Å². The van der Waals surface area contributed by atoms with Gasteiger partial charge in [-0.3, -0.25) is 68.9 Å². The minimum atomic E-state index is -1.13. The van der Waals surface area contributed by atoms with Gasteiger partial charge in [0.1, 0.15) is 17.6 Å². The summed E-state index contributed by atoms with van der Waals surface area (Å²) in [5.74, 6) is -5.06. The summed E-state index contributed by atoms with van der Waals surface area (Å²) in [5, 5.41) is 15.2. The van der Waals surface area contributed by atoms with E-state index in [9.17, 15) is 48.5 Å². The zero-order valence-electron chi connectivity index (χ0n) is 21.4. The number of anilines is 1. The highest BCUT2D eigenvalue weighted by molar-refractivity contribution is 6.26. The number of carbonyl (C=O) groups is 8. The van der Waals surface area contributed by atoms with E-state index < -0.39 is 70.0 Å². The average molecular weight is 576 g/mol. The zero-order valence-corrected chi connectivity index (χ0v) is 21.4. The van der Waals surface area contributed by atoms with Crippen LogP contribution in [0.3, 0.4) is 0 Å². The second kappa shape index (κ2) is 10.3. The Hall–Kier alpha value is -5.80. The smallest absolute Gasteiger partial charge is 0.282 e. The number of nitrogen functional groups attached to an aromatic ring is 1. The van der Waals surface area contributed by atoms with Crippen molar-refractivity contribution in [2.45, 2.75) is 37.8 Å². The van der Waals surface area contributed by atoms with E-state index in [4.69, 9.17) is 5.73 Å². The number of fused-ring (bicyclic) bond motifs is 2. The summed E-state index contributed by atoms with van der Waals surface area (Å²) in [4.78, 5) is 107. The summed E-state index contributed by atoms with van der Waals surface area (Å²) in [6.45, 7) is 0. The number of nitrogens with one attached hydrogen (secondary N) is 2. The van der Waals surface area contributed by atoms with Gasteiger partial charge >= 0.3 is 0 Å². The molecule has 2 unspecified atom stereocenters. The molecule has 2 aromatic carbocycles. The molecule has 0 bridgehead atoms. The summed E-state index contributed by atoms with van der Waals surface area (Å²) >= 11 is 0. The van der Waals surface area contributed by atoms with Crippen molar-refractivity contribution >= 4 is 58.6 Å². The second-order valence-corrected chi connectivity index (χ2v) is 9.62. The third-order valence-electron chi connectivity index (χ3n) is 7.14. The minimum absolute atomic E-state index is 0.00390. The quantitative estimate of drug-likeness (QED) is 0.185. The highest BCUT2D eigenvalue weighted by Gasteiger charge is 2.48. The third kappa shape index (κ3) is 4.43. The molecule has 16 nitrogen and oxygen atoms in total. The Kier molecular flexibility index (Phi) is 6.81. The standard InChI is InChI=1S/C13H9N3O6.C13H11N3O4/c17-9-5-4-8(11(18)14-9)15-12(19)6-2-1-3-7(16(21)22)10(6)13(15)20;14-7-3-1-2-6-10(7)13(20)16(12(6)19)8-4-5-9(17)15-11(8)18/h1-3,8H,4-5H2,(H,14,17,18);1-3,8H,4-5,14H2,(H,15,17,18). The fraction of sp³-hybridized carbons (Fsp3) is 0.231. The van der Waals surface area contributed by atoms with Crippen LogP contribution in [0, 0.1) is 10.1 Å². The Labute approximate surface area is 234 Å². The number of benzene rings is 2. The maximum absolute atomic E-state index is 12.4. The monoisotopic (exact) mass is 576 g/mol. The summed E-state index contributed by atoms with van der Waals surface area (Å²) in [5.41, 5.74) is 5.34. The van der Waals surface area contributed by atoms with E-state index in [2.05, 4.69) is 10.6 Å². The van der Waals surface area contributed by atoms with Crippen molar-refractivity contribution in [1.82, 2.24) is 20.4 Å². The fourth-order valence-corrected chi connectivity index (χ4v) is 5.19. The van der Waals surface area contributed by atoms with Crippen LogP contribution in [0.4, 0.5) is 11.4 Å². The zero-order chi connectivity index (χ0) is 30.5. The Morgan fingerprint density at radius 2 is 1.14 bits per heavy atom. The molecule has 214 valence electrons. The summed E-state index contributed by atoms with van der Waals surface area (Å²) in [7, 11) is 0. The van der Waals surface area contributed by atoms with Crippen molar-refractivity contribution in [3.8, 4) is 0 Å². The van der Waals surface area contributed by atoms with Crippen LogP contribution in [0.5, 0.6) is 0 Å². The maximum Gasteiger partial charge on any atom is 0.282 e. The van der Waals surface area contributed by atoms with Gasteiger partial charge in [-0.25, -0.2) is 0 Å². The van der Waals surface area contributed by atoms with E-state index >= 15 is 0 Å². The number of hydrogen-bond acceptors (Lipinski definition) is 11. The molecule has 0 saturated carbocycles. The molecule has 16 heteroatoms. The van der Waals surface area contributed by atoms with Crippen molar-refractivity contribution in [2.24, 2.45) is 0 Å². The third-order valence-corrected chi connectivity index (χ3v) is 7.14. The normalized spacial score (nSPS) is 21.4. The highest BCUT2D eigenvalue weighted by atomic mass is 16.6. The first-order valence-corrected chi connectivity index (χ1v) is 12.5. The molecule has 2 fully saturated rings. The number of nitrogens with zero attached hydrogens (tertiary/aromatic N) is 3. The lowest BCUT2D eigenvalue weighted by Crippen LogP contribution is -2.54. The van der Waals surface area contributed by atoms with Gasteiger partial charge in [-0.2, -0.15) is 0 Å². The van der Waals surface area contributed by atoms with E-state index in [1.165, 1.54) is 24.3 Å². The Morgan fingerprint density at radius 3 is 1.60 bits per heavy atom. The van der Waals surface area contributed by atoms with E-state index in [-0.39, 0.29) is 53.6 Å². The first-order valence-electron chi connectivity index (χ1n) is 12.5. The van der Waals surface area contributed by atoms with E-state index in [0.29, 0.717) is 4.90 Å². The number of piperidine rings is 2. The molecule has 4 heterocycles. The van der Waals surface area contributed by atoms with Crippen molar-refractivity contribution < 1.29 is 43.3 Å². The number of imide groups is 4. The first-order chi connectivity index (χ1) is 19.9. The largest absolute Gasteiger partial charge is 0.398 e. The molecule has 0 spiro atoms. The lowest BCUT2D eigenvalue weighted by Gasteiger charge is -2.27. The number of nitro groups is 1. The second-order valence-electron chi connectivity index (χ2n) is 9.62. The van der Waals surface area contributed by atoms with Gasteiger partial charge in [-0.1, -0.05) is 12.1 Å². The minimum Gasteiger partial charge on any atom is -0.398 e. The van der Waals surface area contributed by atoms with Crippen LogP contribution in [0.1, 0.15) is 67.1 Å². The summed E-state index contributed by atoms with van der Waals surface area (Å²) in [6.07, 6.45) is 0.227. The molecule has 4 aliphatic heterocycles. The van der Waals surface area contributed by atoms with Crippen LogP contribution in [0.25, 0.3) is 0 Å². The highest BCUT2D eigenvalue weighted by Crippen LogP contribution is 2.33. The van der Waals surface area contributed by atoms with Gasteiger partial charge in [0.25, 0.3) is 29.3 Å². The van der Waals surface area contributed by atoms with Crippen LogP contribution >= 0.6 is 0 Å². The Bertz CT molecular complexity index is 1670. The topological polar surface area (TPSA) is 236 Å². The molecule has 0 radical (unpaired) electrons. The SMILES string of the molecule is Nc1cccc2c1C(=O)N(C1CCC(=O)NC1=O)C2=O.O=C1CCC(N2C(=O)c3cccc([N+](=O)[O-])c3C2=O)C(=O)N1. The fourth-order valence-electron chi connectivity index (χ4n) is 5.19. The molecule has 4 N–H and O–H groups in total. The van der Waals surface area contributed by atoms with E-state index in [1.807, 2.05) is 0 Å². The van der Waals surface area contributed by atoms with Crippen LogP contribution in [0.15, 0.2) is 36.4 Å². The van der Waals surface area contributed by atoms with Crippen LogP contribution in [-0.4, -0.2) is 74.1 Å². The van der Waals surface area contributed by atoms with Crippen molar-refractivity contribution in [2.75, 3.05) is 5.73 Å². The van der Waals surface area contributed by atoms with Gasteiger partial charge in [-0.15, -0.1) is 0 Å². The lowest BCUT2D eigenvalue weighted by atomic mass is 10.0. The van der Waals surface area contributed by atoms with Gasteiger partial charge < -0.3 is 5.73 Å². The van der Waals surface area contributed by atoms with Gasteiger partial charge in [0, 0.05) is 24.6 Å². The summed E-state index contributed by atoms with van der Waals surface area (Å²) < 4.78 is 0. The molecule has 2 aromatic rings. The maximum atomic E-state index is 12.4. The van der Waals surface area contributed by atoms with Gasteiger partial charge in [0.05, 0.1) is 21.6 Å². The first kappa shape index (κ1) is 27.8. The summed E-state index contributed by atoms with van der Waals surface area (Å²) in [6, 6.07) is 6.23. The molecule has 0 aliphatic carbocycles. The molecule has 42 heavy (non-hydrogen) atoms. The molecule has 0 aromatic heterocycles. The number of carbonyl (C=O) groups excluding carboxylic acids is 8. The number of hydrogen-bond donors (Lipinski definition) is 3. The van der Waals surface area contributed by atoms with Crippen molar-refractivity contribution in [3.05, 3.63) is 68.8 Å². The average Bonchev–Trinajstić information content (AvgIpc) is 3.34. The Morgan fingerprint density at radius 1 is 0.690 bits per heavy atom. The molecular weight excluding hydrogens is 556 g/mol. The number of amides is 8. The molecule has 4 aliphatic rings. The molecule has 2 saturated heterocycles. The van der Waals surface area contributed by atoms with E-state index in [0.717, 1.165) is 11.0 Å². The predicted molar refractivity (Wildman–Crippen MR) is 137 cm³/mol. The number of nitro benzene ring substituents is 1. The molecular formula is C26H20N6O10.